The smallest absolute Gasteiger partial charge is 0.339 e. The molecule has 152 valence electrons. The van der Waals surface area contributed by atoms with Crippen LogP contribution in [0.3, 0.4) is 0 Å². The molecule has 0 saturated heterocycles. The molecule has 0 bridgehead atoms. The van der Waals surface area contributed by atoms with E-state index < -0.39 is 5.63 Å². The van der Waals surface area contributed by atoms with Gasteiger partial charge in [0, 0.05) is 37.0 Å². The number of hydrogen-bond donors (Lipinski definition) is 0. The molecule has 0 N–H and O–H groups in total. The SMILES string of the molecule is COc1ccc2c(C)c(CCC(=O)N(C)Cc3cccc(Cl)c3Cl)c(=O)oc2c1. The molecule has 0 aliphatic carbocycles. The second-order valence-corrected chi connectivity index (χ2v) is 7.60. The summed E-state index contributed by atoms with van der Waals surface area (Å²) in [6.07, 6.45) is 0.477. The first-order valence-electron chi connectivity index (χ1n) is 9.09. The largest absolute Gasteiger partial charge is 0.497 e. The number of fused-ring (bicyclic) bond motifs is 1. The van der Waals surface area contributed by atoms with E-state index in [1.165, 1.54) is 0 Å². The molecule has 0 fully saturated rings. The van der Waals surface area contributed by atoms with Gasteiger partial charge in [0.15, 0.2) is 0 Å². The van der Waals surface area contributed by atoms with E-state index in [4.69, 9.17) is 32.4 Å². The van der Waals surface area contributed by atoms with E-state index in [0.29, 0.717) is 39.9 Å². The highest BCUT2D eigenvalue weighted by Gasteiger charge is 2.16. The number of benzene rings is 2. The van der Waals surface area contributed by atoms with Crippen molar-refractivity contribution in [3.63, 3.8) is 0 Å². The van der Waals surface area contributed by atoms with E-state index in [2.05, 4.69) is 0 Å². The average molecular weight is 434 g/mol. The molecule has 0 radical (unpaired) electrons. The monoisotopic (exact) mass is 433 g/mol. The zero-order valence-corrected chi connectivity index (χ0v) is 17.9. The summed E-state index contributed by atoms with van der Waals surface area (Å²) in [5, 5.41) is 1.72. The van der Waals surface area contributed by atoms with Crippen LogP contribution in [0, 0.1) is 6.92 Å². The molecule has 2 aromatic carbocycles. The van der Waals surface area contributed by atoms with Crippen molar-refractivity contribution in [2.75, 3.05) is 14.2 Å². The molecule has 5 nitrogen and oxygen atoms in total. The Morgan fingerprint density at radius 3 is 2.69 bits per heavy atom. The third kappa shape index (κ3) is 4.57. The Bertz CT molecular complexity index is 1120. The molecular formula is C22H21Cl2NO4. The topological polar surface area (TPSA) is 59.8 Å². The van der Waals surface area contributed by atoms with Gasteiger partial charge in [-0.25, -0.2) is 4.79 Å². The van der Waals surface area contributed by atoms with Gasteiger partial charge in [0.1, 0.15) is 11.3 Å². The first-order chi connectivity index (χ1) is 13.8. The van der Waals surface area contributed by atoms with Gasteiger partial charge in [-0.3, -0.25) is 4.79 Å². The van der Waals surface area contributed by atoms with Crippen LogP contribution >= 0.6 is 23.2 Å². The van der Waals surface area contributed by atoms with Gasteiger partial charge in [-0.1, -0.05) is 35.3 Å². The lowest BCUT2D eigenvalue weighted by Crippen LogP contribution is -2.27. The minimum Gasteiger partial charge on any atom is -0.497 e. The van der Waals surface area contributed by atoms with E-state index in [-0.39, 0.29) is 12.3 Å². The molecule has 1 aromatic heterocycles. The average Bonchev–Trinajstić information content (AvgIpc) is 2.70. The Hall–Kier alpha value is -2.50. The first kappa shape index (κ1) is 21.2. The van der Waals surface area contributed by atoms with Gasteiger partial charge in [0.25, 0.3) is 0 Å². The summed E-state index contributed by atoms with van der Waals surface area (Å²) in [6, 6.07) is 10.7. The highest BCUT2D eigenvalue weighted by Crippen LogP contribution is 2.27. The van der Waals surface area contributed by atoms with Crippen molar-refractivity contribution in [2.24, 2.45) is 0 Å². The van der Waals surface area contributed by atoms with Gasteiger partial charge in [0.2, 0.25) is 5.91 Å². The van der Waals surface area contributed by atoms with Crippen LogP contribution in [-0.4, -0.2) is 25.0 Å². The number of amides is 1. The standard InChI is InChI=1S/C22H21Cl2NO4/c1-13-16-8-7-15(28-3)11-19(16)29-22(27)17(13)9-10-20(26)25(2)12-14-5-4-6-18(23)21(14)24/h4-8,11H,9-10,12H2,1-3H3. The highest BCUT2D eigenvalue weighted by atomic mass is 35.5. The van der Waals surface area contributed by atoms with Crippen LogP contribution in [0.2, 0.25) is 10.0 Å². The summed E-state index contributed by atoms with van der Waals surface area (Å²) in [7, 11) is 3.25. The van der Waals surface area contributed by atoms with Crippen LogP contribution in [0.1, 0.15) is 23.1 Å². The molecule has 0 aliphatic heterocycles. The van der Waals surface area contributed by atoms with Gasteiger partial charge in [-0.15, -0.1) is 0 Å². The molecule has 0 saturated carbocycles. The molecule has 0 spiro atoms. The second kappa shape index (κ2) is 8.89. The molecule has 0 aliphatic rings. The van der Waals surface area contributed by atoms with Crippen molar-refractivity contribution in [1.82, 2.24) is 4.90 Å². The summed E-state index contributed by atoms with van der Waals surface area (Å²) in [4.78, 5) is 26.6. The van der Waals surface area contributed by atoms with E-state index in [0.717, 1.165) is 16.5 Å². The predicted octanol–water partition coefficient (Wildman–Crippen LogP) is 5.01. The molecule has 0 unspecified atom stereocenters. The molecule has 1 heterocycles. The normalized spacial score (nSPS) is 10.9. The van der Waals surface area contributed by atoms with Crippen molar-refractivity contribution in [1.29, 1.82) is 0 Å². The number of aryl methyl sites for hydroxylation is 1. The van der Waals surface area contributed by atoms with Crippen molar-refractivity contribution in [2.45, 2.75) is 26.3 Å². The lowest BCUT2D eigenvalue weighted by Gasteiger charge is -2.18. The van der Waals surface area contributed by atoms with E-state index in [1.54, 1.807) is 37.3 Å². The van der Waals surface area contributed by atoms with Crippen molar-refractivity contribution in [3.8, 4) is 5.75 Å². The molecule has 1 amide bonds. The van der Waals surface area contributed by atoms with E-state index in [1.807, 2.05) is 25.1 Å². The fourth-order valence-corrected chi connectivity index (χ4v) is 3.61. The lowest BCUT2D eigenvalue weighted by atomic mass is 10.0. The van der Waals surface area contributed by atoms with Gasteiger partial charge >= 0.3 is 5.63 Å². The maximum atomic E-state index is 12.6. The third-order valence-electron chi connectivity index (χ3n) is 4.95. The molecule has 0 atom stereocenters. The van der Waals surface area contributed by atoms with Gasteiger partial charge in [-0.05, 0) is 42.7 Å². The molecule has 3 aromatic rings. The molecule has 3 rings (SSSR count). The Morgan fingerprint density at radius 2 is 1.97 bits per heavy atom. The predicted molar refractivity (Wildman–Crippen MR) is 115 cm³/mol. The summed E-state index contributed by atoms with van der Waals surface area (Å²) in [6.45, 7) is 2.20. The highest BCUT2D eigenvalue weighted by molar-refractivity contribution is 6.42. The number of methoxy groups -OCH3 is 1. The number of halogens is 2. The van der Waals surface area contributed by atoms with E-state index >= 15 is 0 Å². The van der Waals surface area contributed by atoms with E-state index in [9.17, 15) is 9.59 Å². The minimum absolute atomic E-state index is 0.102. The Labute approximate surface area is 178 Å². The minimum atomic E-state index is -0.434. The number of nitrogens with zero attached hydrogens (tertiary/aromatic N) is 1. The maximum absolute atomic E-state index is 12.6. The van der Waals surface area contributed by atoms with Gasteiger partial charge in [-0.2, -0.15) is 0 Å². The Morgan fingerprint density at radius 1 is 1.21 bits per heavy atom. The van der Waals surface area contributed by atoms with Crippen molar-refractivity contribution in [3.05, 3.63) is 73.6 Å². The number of rotatable bonds is 6. The lowest BCUT2D eigenvalue weighted by molar-refractivity contribution is -0.130. The number of carbonyl (C=O) groups is 1. The zero-order chi connectivity index (χ0) is 21.1. The van der Waals surface area contributed by atoms with Crippen LogP contribution in [0.25, 0.3) is 11.0 Å². The van der Waals surface area contributed by atoms with Crippen LogP contribution in [-0.2, 0) is 17.8 Å². The third-order valence-corrected chi connectivity index (χ3v) is 5.81. The summed E-state index contributed by atoms with van der Waals surface area (Å²) in [5.41, 5.74) is 2.12. The fourth-order valence-electron chi connectivity index (χ4n) is 3.23. The Balaban J connectivity index is 1.75. The van der Waals surface area contributed by atoms with Crippen LogP contribution in [0.15, 0.2) is 45.6 Å². The zero-order valence-electron chi connectivity index (χ0n) is 16.4. The van der Waals surface area contributed by atoms with Crippen LogP contribution in [0.4, 0.5) is 0 Å². The van der Waals surface area contributed by atoms with Crippen molar-refractivity contribution >= 4 is 40.1 Å². The molecule has 7 heteroatoms. The molecule has 29 heavy (non-hydrogen) atoms. The van der Waals surface area contributed by atoms with Crippen LogP contribution < -0.4 is 10.4 Å². The number of carbonyl (C=O) groups excluding carboxylic acids is 1. The number of ether oxygens (including phenoxy) is 1. The Kier molecular flexibility index (Phi) is 6.50. The van der Waals surface area contributed by atoms with Gasteiger partial charge < -0.3 is 14.1 Å². The summed E-state index contributed by atoms with van der Waals surface area (Å²) < 4.78 is 10.6. The first-order valence-corrected chi connectivity index (χ1v) is 9.84. The second-order valence-electron chi connectivity index (χ2n) is 6.82. The summed E-state index contributed by atoms with van der Waals surface area (Å²) >= 11 is 12.2. The van der Waals surface area contributed by atoms with Gasteiger partial charge in [0.05, 0.1) is 17.2 Å². The maximum Gasteiger partial charge on any atom is 0.339 e. The van der Waals surface area contributed by atoms with Crippen molar-refractivity contribution < 1.29 is 13.9 Å². The number of hydrogen-bond acceptors (Lipinski definition) is 4. The summed E-state index contributed by atoms with van der Waals surface area (Å²) in [5.74, 6) is 0.513. The van der Waals surface area contributed by atoms with Crippen LogP contribution in [0.5, 0.6) is 5.75 Å². The molecular weight excluding hydrogens is 413 g/mol. The fraction of sp³-hybridized carbons (Fsp3) is 0.273. The quantitative estimate of drug-likeness (QED) is 0.512.